The minimum Gasteiger partial charge on any atom is -0.507 e. The fraction of sp³-hybridized carbons (Fsp3) is 0.182. The fourth-order valence-electron chi connectivity index (χ4n) is 1.33. The van der Waals surface area contributed by atoms with Crippen molar-refractivity contribution in [3.63, 3.8) is 0 Å². The molecule has 2 amide bonds. The van der Waals surface area contributed by atoms with Crippen LogP contribution in [0.2, 0.25) is 0 Å². The molecule has 0 unspecified atom stereocenters. The van der Waals surface area contributed by atoms with E-state index in [0.717, 1.165) is 12.1 Å². The summed E-state index contributed by atoms with van der Waals surface area (Å²) in [7, 11) is 0. The van der Waals surface area contributed by atoms with Crippen molar-refractivity contribution in [1.29, 1.82) is 0 Å². The Balaban J connectivity index is 2.87. The maximum Gasteiger partial charge on any atom is 0.326 e. The second-order valence-corrected chi connectivity index (χ2v) is 3.70. The first-order valence-electron chi connectivity index (χ1n) is 5.11. The van der Waals surface area contributed by atoms with Crippen molar-refractivity contribution in [1.82, 2.24) is 5.32 Å². The van der Waals surface area contributed by atoms with E-state index in [1.165, 1.54) is 0 Å². The molecule has 1 rings (SSSR count). The zero-order valence-corrected chi connectivity index (χ0v) is 9.59. The van der Waals surface area contributed by atoms with E-state index < -0.39 is 41.8 Å². The Morgan fingerprint density at radius 3 is 2.47 bits per heavy atom. The van der Waals surface area contributed by atoms with Crippen LogP contribution in [0, 0.1) is 5.82 Å². The van der Waals surface area contributed by atoms with E-state index in [9.17, 15) is 23.9 Å². The number of hydrogen-bond donors (Lipinski definition) is 4. The smallest absolute Gasteiger partial charge is 0.326 e. The van der Waals surface area contributed by atoms with Gasteiger partial charge in [0, 0.05) is 6.07 Å². The minimum absolute atomic E-state index is 0.308. The van der Waals surface area contributed by atoms with Crippen LogP contribution in [0.5, 0.6) is 5.75 Å². The second kappa shape index (κ2) is 5.80. The van der Waals surface area contributed by atoms with Crippen molar-refractivity contribution in [2.75, 3.05) is 0 Å². The Morgan fingerprint density at radius 1 is 1.37 bits per heavy atom. The number of phenolic OH excluding ortho intramolecular Hbond substituents is 1. The first-order chi connectivity index (χ1) is 8.81. The molecule has 1 aromatic rings. The number of hydrogen-bond acceptors (Lipinski definition) is 4. The number of aromatic hydroxyl groups is 1. The Morgan fingerprint density at radius 2 is 2.00 bits per heavy atom. The average molecular weight is 270 g/mol. The number of rotatable bonds is 5. The lowest BCUT2D eigenvalue weighted by atomic mass is 10.1. The summed E-state index contributed by atoms with van der Waals surface area (Å²) in [6.45, 7) is 0. The van der Waals surface area contributed by atoms with Crippen LogP contribution in [0.25, 0.3) is 0 Å². The molecule has 1 atom stereocenters. The fourth-order valence-corrected chi connectivity index (χ4v) is 1.33. The summed E-state index contributed by atoms with van der Waals surface area (Å²) in [6.07, 6.45) is -0.594. The first-order valence-corrected chi connectivity index (χ1v) is 5.11. The highest BCUT2D eigenvalue weighted by Gasteiger charge is 2.23. The quantitative estimate of drug-likeness (QED) is 0.578. The van der Waals surface area contributed by atoms with Crippen LogP contribution in [0.1, 0.15) is 16.8 Å². The number of carbonyl (C=O) groups is 3. The molecule has 7 nitrogen and oxygen atoms in total. The summed E-state index contributed by atoms with van der Waals surface area (Å²) in [5.74, 6) is -4.70. The number of nitrogens with one attached hydrogen (secondary N) is 1. The topological polar surface area (TPSA) is 130 Å². The monoisotopic (exact) mass is 270 g/mol. The number of carbonyl (C=O) groups excluding carboxylic acids is 2. The molecule has 1 aromatic carbocycles. The number of primary amides is 1. The van der Waals surface area contributed by atoms with Gasteiger partial charge in [0.2, 0.25) is 5.91 Å². The van der Waals surface area contributed by atoms with Crippen LogP contribution in [-0.4, -0.2) is 34.0 Å². The van der Waals surface area contributed by atoms with E-state index in [2.05, 4.69) is 0 Å². The molecule has 0 saturated carbocycles. The molecular weight excluding hydrogens is 259 g/mol. The van der Waals surface area contributed by atoms with Gasteiger partial charge in [-0.05, 0) is 12.1 Å². The van der Waals surface area contributed by atoms with E-state index in [0.29, 0.717) is 6.07 Å². The highest BCUT2D eigenvalue weighted by molar-refractivity contribution is 5.99. The third-order valence-corrected chi connectivity index (χ3v) is 2.21. The van der Waals surface area contributed by atoms with Gasteiger partial charge in [0.25, 0.3) is 5.91 Å². The molecule has 5 N–H and O–H groups in total. The average Bonchev–Trinajstić information content (AvgIpc) is 2.26. The van der Waals surface area contributed by atoms with E-state index in [1.54, 1.807) is 0 Å². The van der Waals surface area contributed by atoms with Gasteiger partial charge in [-0.1, -0.05) is 0 Å². The maximum absolute atomic E-state index is 12.7. The summed E-state index contributed by atoms with van der Waals surface area (Å²) in [4.78, 5) is 33.1. The first kappa shape index (κ1) is 14.4. The zero-order chi connectivity index (χ0) is 14.6. The molecule has 0 aromatic heterocycles. The second-order valence-electron chi connectivity index (χ2n) is 3.70. The third kappa shape index (κ3) is 3.95. The molecule has 102 valence electrons. The van der Waals surface area contributed by atoms with Gasteiger partial charge in [0.15, 0.2) is 0 Å². The molecule has 19 heavy (non-hydrogen) atoms. The van der Waals surface area contributed by atoms with Gasteiger partial charge in [-0.15, -0.1) is 0 Å². The highest BCUT2D eigenvalue weighted by Crippen LogP contribution is 2.18. The SMILES string of the molecule is NC(=O)C[C@H](NC(=O)c1ccc(F)cc1O)C(=O)O. The molecule has 0 aliphatic rings. The summed E-state index contributed by atoms with van der Waals surface area (Å²) < 4.78 is 12.7. The van der Waals surface area contributed by atoms with Crippen molar-refractivity contribution < 1.29 is 29.0 Å². The van der Waals surface area contributed by atoms with Gasteiger partial charge in [-0.2, -0.15) is 0 Å². The van der Waals surface area contributed by atoms with E-state index in [-0.39, 0.29) is 5.56 Å². The van der Waals surface area contributed by atoms with E-state index in [1.807, 2.05) is 5.32 Å². The number of halogens is 1. The van der Waals surface area contributed by atoms with Crippen molar-refractivity contribution in [2.45, 2.75) is 12.5 Å². The minimum atomic E-state index is -1.52. The predicted molar refractivity (Wildman–Crippen MR) is 60.8 cm³/mol. The molecule has 0 saturated heterocycles. The van der Waals surface area contributed by atoms with Gasteiger partial charge in [-0.25, -0.2) is 9.18 Å². The van der Waals surface area contributed by atoms with Gasteiger partial charge in [0.05, 0.1) is 12.0 Å². The van der Waals surface area contributed by atoms with Crippen LogP contribution >= 0.6 is 0 Å². The Hall–Kier alpha value is -2.64. The molecule has 8 heteroatoms. The molecule has 0 heterocycles. The van der Waals surface area contributed by atoms with Crippen LogP contribution in [0.4, 0.5) is 4.39 Å². The number of nitrogens with two attached hydrogens (primary N) is 1. The number of carboxylic acids is 1. The molecule has 0 fully saturated rings. The van der Waals surface area contributed by atoms with Crippen LogP contribution in [0.3, 0.4) is 0 Å². The van der Waals surface area contributed by atoms with Crippen molar-refractivity contribution in [2.24, 2.45) is 5.73 Å². The number of amides is 2. The Labute approximate surface area is 106 Å². The van der Waals surface area contributed by atoms with Crippen molar-refractivity contribution >= 4 is 17.8 Å². The molecule has 0 aliphatic carbocycles. The van der Waals surface area contributed by atoms with Gasteiger partial charge < -0.3 is 21.3 Å². The van der Waals surface area contributed by atoms with Crippen molar-refractivity contribution in [3.05, 3.63) is 29.6 Å². The molecule has 0 bridgehead atoms. The van der Waals surface area contributed by atoms with E-state index >= 15 is 0 Å². The molecular formula is C11H11FN2O5. The van der Waals surface area contributed by atoms with Gasteiger partial charge in [-0.3, -0.25) is 9.59 Å². The van der Waals surface area contributed by atoms with Crippen LogP contribution in [0.15, 0.2) is 18.2 Å². The number of aliphatic carboxylic acids is 1. The lowest BCUT2D eigenvalue weighted by molar-refractivity contribution is -0.140. The summed E-state index contributed by atoms with van der Waals surface area (Å²) in [5.41, 5.74) is 4.53. The summed E-state index contributed by atoms with van der Waals surface area (Å²) in [5, 5.41) is 20.1. The molecule has 0 radical (unpaired) electrons. The van der Waals surface area contributed by atoms with Crippen LogP contribution in [-0.2, 0) is 9.59 Å². The summed E-state index contributed by atoms with van der Waals surface area (Å²) in [6, 6.07) is 1.11. The Kier molecular flexibility index (Phi) is 4.41. The lowest BCUT2D eigenvalue weighted by Crippen LogP contribution is -2.43. The number of benzene rings is 1. The van der Waals surface area contributed by atoms with Crippen LogP contribution < -0.4 is 11.1 Å². The summed E-state index contributed by atoms with van der Waals surface area (Å²) >= 11 is 0. The highest BCUT2D eigenvalue weighted by atomic mass is 19.1. The largest absolute Gasteiger partial charge is 0.507 e. The Bertz CT molecular complexity index is 532. The molecule has 0 spiro atoms. The lowest BCUT2D eigenvalue weighted by Gasteiger charge is -2.13. The molecule has 0 aliphatic heterocycles. The zero-order valence-electron chi connectivity index (χ0n) is 9.59. The predicted octanol–water partition coefficient (Wildman–Crippen LogP) is -0.410. The van der Waals surface area contributed by atoms with Crippen molar-refractivity contribution in [3.8, 4) is 5.75 Å². The standard InChI is InChI=1S/C11H11FN2O5/c12-5-1-2-6(8(15)3-5)10(17)14-7(11(18)19)4-9(13)16/h1-3,7,15H,4H2,(H2,13,16)(H,14,17)(H,18,19)/t7-/m0/s1. The van der Waals surface area contributed by atoms with Gasteiger partial charge in [0.1, 0.15) is 17.6 Å². The van der Waals surface area contributed by atoms with Gasteiger partial charge >= 0.3 is 5.97 Å². The maximum atomic E-state index is 12.7. The third-order valence-electron chi connectivity index (χ3n) is 2.21. The normalized spacial score (nSPS) is 11.6. The van der Waals surface area contributed by atoms with E-state index in [4.69, 9.17) is 10.8 Å². The number of carboxylic acid groups (broad SMARTS) is 1. The number of phenols is 1.